The summed E-state index contributed by atoms with van der Waals surface area (Å²) in [6.07, 6.45) is 0. The first kappa shape index (κ1) is 17.0. The Hall–Kier alpha value is -3.47. The van der Waals surface area contributed by atoms with Crippen LogP contribution in [0.3, 0.4) is 0 Å². The van der Waals surface area contributed by atoms with Crippen LogP contribution in [0.15, 0.2) is 60.7 Å². The molecule has 1 aliphatic heterocycles. The molecule has 3 aromatic carbocycles. The zero-order valence-corrected chi connectivity index (χ0v) is 15.2. The fraction of sp³-hybridized carbons (Fsp3) is 0.136. The van der Waals surface area contributed by atoms with Crippen LogP contribution in [0.4, 0.5) is 17.1 Å². The van der Waals surface area contributed by atoms with Gasteiger partial charge in [0.05, 0.1) is 0 Å². The number of benzene rings is 3. The topological polar surface area (TPSA) is 59.6 Å². The molecule has 4 rings (SSSR count). The molecule has 5 heteroatoms. The molecule has 0 aromatic heterocycles. The van der Waals surface area contributed by atoms with Crippen molar-refractivity contribution in [3.05, 3.63) is 77.4 Å². The normalized spacial score (nSPS) is 11.9. The van der Waals surface area contributed by atoms with Crippen molar-refractivity contribution in [2.45, 2.75) is 13.8 Å². The number of rotatable bonds is 4. The fourth-order valence-corrected chi connectivity index (χ4v) is 2.92. The van der Waals surface area contributed by atoms with Gasteiger partial charge in [-0.15, -0.1) is 0 Å². The van der Waals surface area contributed by atoms with Gasteiger partial charge in [-0.25, -0.2) is 0 Å². The Morgan fingerprint density at radius 3 is 2.44 bits per heavy atom. The maximum Gasteiger partial charge on any atom is 0.255 e. The van der Waals surface area contributed by atoms with Crippen LogP contribution in [0.25, 0.3) is 0 Å². The van der Waals surface area contributed by atoms with Gasteiger partial charge in [0.1, 0.15) is 0 Å². The second-order valence-electron chi connectivity index (χ2n) is 6.47. The van der Waals surface area contributed by atoms with Crippen LogP contribution in [-0.2, 0) is 0 Å². The summed E-state index contributed by atoms with van der Waals surface area (Å²) in [6.45, 7) is 4.38. The van der Waals surface area contributed by atoms with Crippen molar-refractivity contribution in [2.24, 2.45) is 0 Å². The summed E-state index contributed by atoms with van der Waals surface area (Å²) in [5.41, 5.74) is 5.75. The monoisotopic (exact) mass is 360 g/mol. The van der Waals surface area contributed by atoms with Gasteiger partial charge >= 0.3 is 0 Å². The summed E-state index contributed by atoms with van der Waals surface area (Å²) in [5.74, 6) is 1.06. The van der Waals surface area contributed by atoms with Crippen LogP contribution in [-0.4, -0.2) is 12.7 Å². The minimum atomic E-state index is -0.191. The third kappa shape index (κ3) is 3.58. The molecule has 0 spiro atoms. The van der Waals surface area contributed by atoms with E-state index in [-0.39, 0.29) is 12.7 Å². The predicted molar refractivity (Wildman–Crippen MR) is 106 cm³/mol. The van der Waals surface area contributed by atoms with Crippen LogP contribution in [0, 0.1) is 13.8 Å². The van der Waals surface area contributed by atoms with E-state index >= 15 is 0 Å². The number of hydrogen-bond acceptors (Lipinski definition) is 4. The first-order valence-electron chi connectivity index (χ1n) is 8.74. The summed E-state index contributed by atoms with van der Waals surface area (Å²) in [7, 11) is 0. The third-order valence-corrected chi connectivity index (χ3v) is 4.66. The molecule has 2 N–H and O–H groups in total. The quantitative estimate of drug-likeness (QED) is 0.685. The highest BCUT2D eigenvalue weighted by atomic mass is 16.7. The van der Waals surface area contributed by atoms with Crippen LogP contribution in [0.1, 0.15) is 21.5 Å². The van der Waals surface area contributed by atoms with Gasteiger partial charge in [0.2, 0.25) is 6.79 Å². The van der Waals surface area contributed by atoms with Crippen molar-refractivity contribution in [2.75, 3.05) is 17.4 Å². The maximum absolute atomic E-state index is 12.4. The number of nitrogens with one attached hydrogen (secondary N) is 2. The minimum Gasteiger partial charge on any atom is -0.454 e. The highest BCUT2D eigenvalue weighted by Gasteiger charge is 2.16. The van der Waals surface area contributed by atoms with Gasteiger partial charge in [-0.3, -0.25) is 4.79 Å². The first-order valence-corrected chi connectivity index (χ1v) is 8.74. The van der Waals surface area contributed by atoms with Gasteiger partial charge in [0.15, 0.2) is 11.5 Å². The molecule has 27 heavy (non-hydrogen) atoms. The molecule has 0 saturated carbocycles. The Balaban J connectivity index is 1.44. The predicted octanol–water partition coefficient (Wildman–Crippen LogP) is 5.03. The second kappa shape index (κ2) is 7.03. The summed E-state index contributed by atoms with van der Waals surface area (Å²) in [5, 5.41) is 6.31. The molecule has 0 aliphatic carbocycles. The molecule has 0 unspecified atom stereocenters. The average molecular weight is 360 g/mol. The zero-order chi connectivity index (χ0) is 18.8. The number of anilines is 3. The molecule has 1 aliphatic rings. The number of ether oxygens (including phenoxy) is 2. The lowest BCUT2D eigenvalue weighted by Gasteiger charge is -2.12. The van der Waals surface area contributed by atoms with E-state index in [4.69, 9.17) is 9.47 Å². The SMILES string of the molecule is Cc1cccc(Nc2ccc(NC(=O)c3ccc4c(c3)OCO4)cc2)c1C. The molecular formula is C22H20N2O3. The molecule has 3 aromatic rings. The molecule has 0 atom stereocenters. The van der Waals surface area contributed by atoms with E-state index in [1.54, 1.807) is 18.2 Å². The number of hydrogen-bond donors (Lipinski definition) is 2. The highest BCUT2D eigenvalue weighted by molar-refractivity contribution is 6.04. The average Bonchev–Trinajstić information content (AvgIpc) is 3.15. The minimum absolute atomic E-state index is 0.190. The maximum atomic E-state index is 12.4. The van der Waals surface area contributed by atoms with Crippen LogP contribution in [0.5, 0.6) is 11.5 Å². The summed E-state index contributed by atoms with van der Waals surface area (Å²) < 4.78 is 10.6. The number of amides is 1. The molecule has 1 heterocycles. The van der Waals surface area contributed by atoms with Crippen molar-refractivity contribution >= 4 is 23.0 Å². The Kier molecular flexibility index (Phi) is 4.42. The van der Waals surface area contributed by atoms with Gasteiger partial charge in [0, 0.05) is 22.6 Å². The largest absolute Gasteiger partial charge is 0.454 e. The Labute approximate surface area is 157 Å². The lowest BCUT2D eigenvalue weighted by atomic mass is 10.1. The van der Waals surface area contributed by atoms with Gasteiger partial charge in [-0.1, -0.05) is 12.1 Å². The van der Waals surface area contributed by atoms with E-state index in [0.717, 1.165) is 17.1 Å². The molecule has 136 valence electrons. The zero-order valence-electron chi connectivity index (χ0n) is 15.2. The smallest absolute Gasteiger partial charge is 0.255 e. The summed E-state index contributed by atoms with van der Waals surface area (Å²) in [4.78, 5) is 12.4. The molecular weight excluding hydrogens is 340 g/mol. The molecule has 1 amide bonds. The lowest BCUT2D eigenvalue weighted by Crippen LogP contribution is -2.11. The third-order valence-electron chi connectivity index (χ3n) is 4.66. The van der Waals surface area contributed by atoms with E-state index in [9.17, 15) is 4.79 Å². The van der Waals surface area contributed by atoms with Crippen LogP contribution >= 0.6 is 0 Å². The van der Waals surface area contributed by atoms with E-state index < -0.39 is 0 Å². The number of aryl methyl sites for hydroxylation is 1. The number of carbonyl (C=O) groups excluding carboxylic acids is 1. The van der Waals surface area contributed by atoms with Crippen LogP contribution in [0.2, 0.25) is 0 Å². The Morgan fingerprint density at radius 2 is 1.63 bits per heavy atom. The van der Waals surface area contributed by atoms with Crippen molar-refractivity contribution in [3.8, 4) is 11.5 Å². The number of carbonyl (C=O) groups is 1. The molecule has 5 nitrogen and oxygen atoms in total. The second-order valence-corrected chi connectivity index (χ2v) is 6.47. The molecule has 0 bridgehead atoms. The van der Waals surface area contributed by atoms with E-state index in [0.29, 0.717) is 17.1 Å². The van der Waals surface area contributed by atoms with E-state index in [1.165, 1.54) is 11.1 Å². The standard InChI is InChI=1S/C22H20N2O3/c1-14-4-3-5-19(15(14)2)23-17-7-9-18(10-8-17)24-22(25)16-6-11-20-21(12-16)27-13-26-20/h3-12,23H,13H2,1-2H3,(H,24,25). The van der Waals surface area contributed by atoms with Gasteiger partial charge in [-0.05, 0) is 73.5 Å². The van der Waals surface area contributed by atoms with Crippen molar-refractivity contribution < 1.29 is 14.3 Å². The molecule has 0 fully saturated rings. The summed E-state index contributed by atoms with van der Waals surface area (Å²) in [6, 6.07) is 19.0. The van der Waals surface area contributed by atoms with E-state index in [2.05, 4.69) is 36.6 Å². The highest BCUT2D eigenvalue weighted by Crippen LogP contribution is 2.32. The molecule has 0 saturated heterocycles. The Bertz CT molecular complexity index is 997. The number of fused-ring (bicyclic) bond motifs is 1. The van der Waals surface area contributed by atoms with Gasteiger partial charge < -0.3 is 20.1 Å². The molecule has 0 radical (unpaired) electrons. The first-order chi connectivity index (χ1) is 13.1. The van der Waals surface area contributed by atoms with E-state index in [1.807, 2.05) is 30.3 Å². The van der Waals surface area contributed by atoms with Crippen molar-refractivity contribution in [1.82, 2.24) is 0 Å². The fourth-order valence-electron chi connectivity index (χ4n) is 2.92. The van der Waals surface area contributed by atoms with Crippen LogP contribution < -0.4 is 20.1 Å². The lowest BCUT2D eigenvalue weighted by molar-refractivity contribution is 0.102. The Morgan fingerprint density at radius 1 is 0.889 bits per heavy atom. The summed E-state index contributed by atoms with van der Waals surface area (Å²) >= 11 is 0. The van der Waals surface area contributed by atoms with Gasteiger partial charge in [0.25, 0.3) is 5.91 Å². The van der Waals surface area contributed by atoms with Crippen molar-refractivity contribution in [1.29, 1.82) is 0 Å². The van der Waals surface area contributed by atoms with Crippen molar-refractivity contribution in [3.63, 3.8) is 0 Å². The van der Waals surface area contributed by atoms with Gasteiger partial charge in [-0.2, -0.15) is 0 Å².